The summed E-state index contributed by atoms with van der Waals surface area (Å²) in [5.74, 6) is 0. The van der Waals surface area contributed by atoms with Gasteiger partial charge in [-0.3, -0.25) is 0 Å². The number of aryl methyl sites for hydroxylation is 1. The van der Waals surface area contributed by atoms with E-state index in [1.807, 2.05) is 18.2 Å². The minimum absolute atomic E-state index is 0. The standard InChI is InChI=1S/C8H12.C7H8.BF4.Rh/c1-2-4-6-8-7-5-3-1;1-7-5-3-2-4-6-7;2-1(3,4)5;/h1-2,7-8H,3-6H2;2-6H,1H3;;/q;;-1;. The van der Waals surface area contributed by atoms with E-state index in [-0.39, 0.29) is 19.5 Å². The molecule has 21 heavy (non-hydrogen) atoms. The SMILES string of the molecule is C1=CCCC=CCC1.Cc1ccccc1.F[B-](F)(F)F.[Rh]. The van der Waals surface area contributed by atoms with Crippen LogP contribution in [0.1, 0.15) is 31.2 Å². The summed E-state index contributed by atoms with van der Waals surface area (Å²) < 4.78 is 39.0. The van der Waals surface area contributed by atoms with Gasteiger partial charge < -0.3 is 17.3 Å². The Balaban J connectivity index is 0. The van der Waals surface area contributed by atoms with Crippen LogP contribution in [0.4, 0.5) is 17.3 Å². The second-order valence-electron chi connectivity index (χ2n) is 4.25. The van der Waals surface area contributed by atoms with Gasteiger partial charge in [0.15, 0.2) is 0 Å². The third kappa shape index (κ3) is 24.5. The quantitative estimate of drug-likeness (QED) is 0.291. The van der Waals surface area contributed by atoms with Crippen LogP contribution in [0.2, 0.25) is 0 Å². The van der Waals surface area contributed by atoms with Crippen LogP contribution >= 0.6 is 0 Å². The van der Waals surface area contributed by atoms with E-state index in [1.165, 1.54) is 31.2 Å². The Labute approximate surface area is 137 Å². The molecule has 0 atom stereocenters. The summed E-state index contributed by atoms with van der Waals surface area (Å²) in [7, 11) is -6.00. The van der Waals surface area contributed by atoms with Crippen LogP contribution in [0, 0.1) is 6.92 Å². The molecule has 1 aliphatic carbocycles. The molecule has 0 fully saturated rings. The summed E-state index contributed by atoms with van der Waals surface area (Å²) in [6, 6.07) is 10.3. The van der Waals surface area contributed by atoms with Gasteiger partial charge >= 0.3 is 7.25 Å². The van der Waals surface area contributed by atoms with Crippen molar-refractivity contribution < 1.29 is 36.7 Å². The molecule has 0 heterocycles. The Kier molecular flexibility index (Phi) is 15.0. The van der Waals surface area contributed by atoms with Gasteiger partial charge in [-0.05, 0) is 32.6 Å². The molecule has 0 aliphatic heterocycles. The third-order valence-electron chi connectivity index (χ3n) is 2.27. The first kappa shape index (κ1) is 22.4. The zero-order chi connectivity index (χ0) is 15.3. The van der Waals surface area contributed by atoms with Gasteiger partial charge in [0.2, 0.25) is 0 Å². The van der Waals surface area contributed by atoms with Crippen molar-refractivity contribution in [2.24, 2.45) is 0 Å². The normalized spacial score (nSPS) is 13.4. The molecule has 0 spiro atoms. The van der Waals surface area contributed by atoms with E-state index in [1.54, 1.807) is 0 Å². The molecule has 6 heteroatoms. The molecule has 1 radical (unpaired) electrons. The Morgan fingerprint density at radius 1 is 0.714 bits per heavy atom. The number of hydrogen-bond donors (Lipinski definition) is 0. The first-order valence-corrected chi connectivity index (χ1v) is 6.58. The number of halogens is 4. The molecular weight excluding hydrogens is 370 g/mol. The molecule has 0 N–H and O–H groups in total. The van der Waals surface area contributed by atoms with Gasteiger partial charge in [0, 0.05) is 19.5 Å². The second-order valence-corrected chi connectivity index (χ2v) is 4.25. The molecule has 0 saturated heterocycles. The Hall–Kier alpha value is -0.892. The van der Waals surface area contributed by atoms with Crippen molar-refractivity contribution >= 4 is 7.25 Å². The van der Waals surface area contributed by atoms with Crippen LogP contribution in [-0.2, 0) is 19.5 Å². The zero-order valence-electron chi connectivity index (χ0n) is 11.9. The summed E-state index contributed by atoms with van der Waals surface area (Å²) in [6.07, 6.45) is 14.0. The summed E-state index contributed by atoms with van der Waals surface area (Å²) in [5.41, 5.74) is 1.32. The summed E-state index contributed by atoms with van der Waals surface area (Å²) in [6.45, 7) is 2.08. The molecule has 0 amide bonds. The molecule has 0 aromatic heterocycles. The van der Waals surface area contributed by atoms with Crippen LogP contribution in [0.5, 0.6) is 0 Å². The molecule has 0 bridgehead atoms. The van der Waals surface area contributed by atoms with E-state index in [4.69, 9.17) is 0 Å². The first-order chi connectivity index (χ1) is 9.39. The maximum absolute atomic E-state index is 9.75. The number of benzene rings is 1. The minimum Gasteiger partial charge on any atom is -0.418 e. The Bertz CT molecular complexity index is 356. The van der Waals surface area contributed by atoms with Gasteiger partial charge in [-0.2, -0.15) is 0 Å². The summed E-state index contributed by atoms with van der Waals surface area (Å²) in [4.78, 5) is 0. The zero-order valence-corrected chi connectivity index (χ0v) is 13.6. The van der Waals surface area contributed by atoms with Crippen molar-refractivity contribution in [3.8, 4) is 0 Å². The van der Waals surface area contributed by atoms with Gasteiger partial charge in [-0.25, -0.2) is 0 Å². The molecule has 2 rings (SSSR count). The fourth-order valence-corrected chi connectivity index (χ4v) is 1.39. The topological polar surface area (TPSA) is 0 Å². The predicted octanol–water partition coefficient (Wildman–Crippen LogP) is 5.97. The van der Waals surface area contributed by atoms with E-state index in [0.29, 0.717) is 0 Å². The number of rotatable bonds is 0. The number of hydrogen-bond acceptors (Lipinski definition) is 0. The average molecular weight is 390 g/mol. The fraction of sp³-hybridized carbons (Fsp3) is 0.333. The smallest absolute Gasteiger partial charge is 0.418 e. The first-order valence-electron chi connectivity index (χ1n) is 6.58. The van der Waals surface area contributed by atoms with Crippen LogP contribution in [0.15, 0.2) is 54.6 Å². The van der Waals surface area contributed by atoms with Crippen molar-refractivity contribution in [2.45, 2.75) is 32.6 Å². The average Bonchev–Trinajstić information content (AvgIpc) is 2.27. The molecule has 0 nitrogen and oxygen atoms in total. The van der Waals surface area contributed by atoms with Crippen molar-refractivity contribution in [3.63, 3.8) is 0 Å². The van der Waals surface area contributed by atoms with Gasteiger partial charge in [0.25, 0.3) is 0 Å². The third-order valence-corrected chi connectivity index (χ3v) is 2.27. The predicted molar refractivity (Wildman–Crippen MR) is 78.1 cm³/mol. The monoisotopic (exact) mass is 390 g/mol. The molecule has 1 aliphatic rings. The number of allylic oxidation sites excluding steroid dienone is 4. The molecule has 0 unspecified atom stereocenters. The fourth-order valence-electron chi connectivity index (χ4n) is 1.39. The molecule has 121 valence electrons. The van der Waals surface area contributed by atoms with Gasteiger partial charge in [-0.15, -0.1) is 0 Å². The van der Waals surface area contributed by atoms with Crippen molar-refractivity contribution in [1.29, 1.82) is 0 Å². The minimum atomic E-state index is -6.00. The van der Waals surface area contributed by atoms with Crippen LogP contribution in [-0.4, -0.2) is 7.25 Å². The largest absolute Gasteiger partial charge is 0.673 e. The van der Waals surface area contributed by atoms with E-state index >= 15 is 0 Å². The van der Waals surface area contributed by atoms with E-state index < -0.39 is 7.25 Å². The maximum Gasteiger partial charge on any atom is 0.673 e. The van der Waals surface area contributed by atoms with Crippen LogP contribution in [0.25, 0.3) is 0 Å². The molecular formula is C15H20BF4Rh-. The van der Waals surface area contributed by atoms with Crippen LogP contribution < -0.4 is 0 Å². The van der Waals surface area contributed by atoms with Gasteiger partial charge in [0.05, 0.1) is 0 Å². The van der Waals surface area contributed by atoms with Crippen molar-refractivity contribution in [1.82, 2.24) is 0 Å². The van der Waals surface area contributed by atoms with Crippen molar-refractivity contribution in [2.75, 3.05) is 0 Å². The summed E-state index contributed by atoms with van der Waals surface area (Å²) >= 11 is 0. The Morgan fingerprint density at radius 2 is 1.00 bits per heavy atom. The molecule has 1 aromatic carbocycles. The molecule has 1 aromatic rings. The maximum atomic E-state index is 9.75. The molecule has 0 saturated carbocycles. The van der Waals surface area contributed by atoms with E-state index in [2.05, 4.69) is 43.4 Å². The van der Waals surface area contributed by atoms with Gasteiger partial charge in [0.1, 0.15) is 0 Å². The van der Waals surface area contributed by atoms with Gasteiger partial charge in [-0.1, -0.05) is 60.2 Å². The van der Waals surface area contributed by atoms with E-state index in [9.17, 15) is 17.3 Å². The second kappa shape index (κ2) is 14.1. The van der Waals surface area contributed by atoms with Crippen molar-refractivity contribution in [3.05, 3.63) is 60.2 Å². The Morgan fingerprint density at radius 3 is 1.19 bits per heavy atom. The van der Waals surface area contributed by atoms with E-state index in [0.717, 1.165) is 0 Å². The van der Waals surface area contributed by atoms with Crippen LogP contribution in [0.3, 0.4) is 0 Å². The summed E-state index contributed by atoms with van der Waals surface area (Å²) in [5, 5.41) is 0.